The summed E-state index contributed by atoms with van der Waals surface area (Å²) in [5.41, 5.74) is -0.0774. The van der Waals surface area contributed by atoms with E-state index in [0.29, 0.717) is 12.6 Å². The van der Waals surface area contributed by atoms with Gasteiger partial charge in [0.2, 0.25) is 23.6 Å². The molecule has 0 saturated heterocycles. The van der Waals surface area contributed by atoms with Crippen molar-refractivity contribution in [3.05, 3.63) is 35.4 Å². The molecule has 0 bridgehead atoms. The fourth-order valence-corrected chi connectivity index (χ4v) is 2.55. The van der Waals surface area contributed by atoms with Crippen molar-refractivity contribution < 1.29 is 28.0 Å². The smallest absolute Gasteiger partial charge is 0.243 e. The minimum atomic E-state index is -1.18. The number of halogens is 2. The first-order chi connectivity index (χ1) is 15.2. The minimum Gasteiger partial charge on any atom is -0.355 e. The van der Waals surface area contributed by atoms with Crippen molar-refractivity contribution in [2.24, 2.45) is 11.3 Å². The number of nitrogens with one attached hydrogen (secondary N) is 4. The van der Waals surface area contributed by atoms with E-state index in [0.717, 1.165) is 6.07 Å². The third kappa shape index (κ3) is 10.4. The molecule has 0 aliphatic heterocycles. The molecule has 0 spiro atoms. The van der Waals surface area contributed by atoms with E-state index >= 15 is 0 Å². The third-order valence-corrected chi connectivity index (χ3v) is 4.58. The first-order valence-corrected chi connectivity index (χ1v) is 10.8. The Morgan fingerprint density at radius 3 is 2.09 bits per heavy atom. The molecule has 0 aliphatic rings. The molecule has 1 rings (SSSR count). The predicted octanol–water partition coefficient (Wildman–Crippen LogP) is 1.78. The van der Waals surface area contributed by atoms with Crippen LogP contribution in [0.2, 0.25) is 0 Å². The molecule has 0 saturated carbocycles. The van der Waals surface area contributed by atoms with Gasteiger partial charge in [-0.2, -0.15) is 0 Å². The number of hydrogen-bond donors (Lipinski definition) is 4. The number of benzene rings is 1. The summed E-state index contributed by atoms with van der Waals surface area (Å²) >= 11 is 0. The largest absolute Gasteiger partial charge is 0.355 e. The monoisotopic (exact) mass is 468 g/mol. The molecule has 0 aromatic heterocycles. The summed E-state index contributed by atoms with van der Waals surface area (Å²) in [6.45, 7) is 10.7. The molecule has 8 nitrogen and oxygen atoms in total. The first-order valence-electron chi connectivity index (χ1n) is 10.8. The van der Waals surface area contributed by atoms with Crippen molar-refractivity contribution in [2.75, 3.05) is 6.54 Å². The maximum absolute atomic E-state index is 13.7. The van der Waals surface area contributed by atoms with E-state index in [4.69, 9.17) is 0 Å². The highest BCUT2D eigenvalue weighted by Gasteiger charge is 2.28. The maximum Gasteiger partial charge on any atom is 0.243 e. The lowest BCUT2D eigenvalue weighted by Crippen LogP contribution is -2.54. The molecule has 1 aromatic carbocycles. The lowest BCUT2D eigenvalue weighted by Gasteiger charge is -2.23. The third-order valence-electron chi connectivity index (χ3n) is 4.58. The molecule has 0 radical (unpaired) electrons. The van der Waals surface area contributed by atoms with Gasteiger partial charge in [0.05, 0.1) is 6.42 Å². The van der Waals surface area contributed by atoms with Crippen LogP contribution in [-0.4, -0.2) is 42.3 Å². The van der Waals surface area contributed by atoms with Crippen molar-refractivity contribution in [2.45, 2.75) is 66.6 Å². The van der Waals surface area contributed by atoms with E-state index in [9.17, 15) is 28.0 Å². The first kappa shape index (κ1) is 28.0. The predicted molar refractivity (Wildman–Crippen MR) is 120 cm³/mol. The number of hydrogen-bond acceptors (Lipinski definition) is 4. The molecule has 0 fully saturated rings. The van der Waals surface area contributed by atoms with Crippen LogP contribution in [0.4, 0.5) is 8.78 Å². The van der Waals surface area contributed by atoms with E-state index < -0.39 is 53.3 Å². The van der Waals surface area contributed by atoms with Gasteiger partial charge in [0.15, 0.2) is 0 Å². The summed E-state index contributed by atoms with van der Waals surface area (Å²) in [4.78, 5) is 49.5. The van der Waals surface area contributed by atoms with Crippen LogP contribution < -0.4 is 21.3 Å². The Balaban J connectivity index is 2.75. The summed E-state index contributed by atoms with van der Waals surface area (Å²) in [7, 11) is 0. The second-order valence-corrected chi connectivity index (χ2v) is 9.44. The molecule has 2 atom stereocenters. The molecule has 0 heterocycles. The van der Waals surface area contributed by atoms with Crippen LogP contribution >= 0.6 is 0 Å². The molecule has 4 amide bonds. The Morgan fingerprint density at radius 1 is 0.909 bits per heavy atom. The van der Waals surface area contributed by atoms with Crippen LogP contribution in [0, 0.1) is 23.0 Å². The van der Waals surface area contributed by atoms with Crippen molar-refractivity contribution in [1.29, 1.82) is 0 Å². The zero-order valence-electron chi connectivity index (χ0n) is 20.0. The molecule has 10 heteroatoms. The van der Waals surface area contributed by atoms with Crippen LogP contribution in [0.15, 0.2) is 18.2 Å². The minimum absolute atomic E-state index is 0.0841. The number of carbonyl (C=O) groups is 4. The van der Waals surface area contributed by atoms with E-state index in [-0.39, 0.29) is 23.9 Å². The number of amides is 4. The Morgan fingerprint density at radius 2 is 1.55 bits per heavy atom. The maximum atomic E-state index is 13.7. The lowest BCUT2D eigenvalue weighted by atomic mass is 9.97. The van der Waals surface area contributed by atoms with Gasteiger partial charge in [0.1, 0.15) is 23.7 Å². The van der Waals surface area contributed by atoms with Crippen LogP contribution in [0.1, 0.15) is 53.5 Å². The van der Waals surface area contributed by atoms with Gasteiger partial charge in [-0.1, -0.05) is 40.7 Å². The number of rotatable bonds is 10. The van der Waals surface area contributed by atoms with Gasteiger partial charge in [-0.05, 0) is 18.4 Å². The molecule has 0 aliphatic carbocycles. The molecular weight excluding hydrogens is 434 g/mol. The van der Waals surface area contributed by atoms with Gasteiger partial charge in [-0.15, -0.1) is 0 Å². The standard InChI is InChI=1S/C23H34F2N4O4/c1-13(2)20(31)29-18(10-19(30)27-12-23(4,5)6)22(33)28-14(3)21(32)26-11-15-7-8-16(24)9-17(15)25/h7-9,13-14,18H,10-12H2,1-6H3,(H,26,32)(H,27,30)(H,28,33)(H,29,31)/t14-,18+/m0/s1. The van der Waals surface area contributed by atoms with Gasteiger partial charge in [0, 0.05) is 30.6 Å². The Bertz CT molecular complexity index is 869. The summed E-state index contributed by atoms with van der Waals surface area (Å²) < 4.78 is 26.7. The lowest BCUT2D eigenvalue weighted by molar-refractivity contribution is -0.134. The zero-order chi connectivity index (χ0) is 25.3. The second kappa shape index (κ2) is 12.3. The SMILES string of the molecule is CC(C)C(=O)N[C@H](CC(=O)NCC(C)(C)C)C(=O)N[C@@H](C)C(=O)NCc1ccc(F)cc1F. The molecular formula is C23H34F2N4O4. The summed E-state index contributed by atoms with van der Waals surface area (Å²) in [6, 6.07) is 0.783. The van der Waals surface area contributed by atoms with E-state index in [1.807, 2.05) is 20.8 Å². The van der Waals surface area contributed by atoms with Crippen molar-refractivity contribution >= 4 is 23.6 Å². The Hall–Kier alpha value is -3.04. The molecule has 0 unspecified atom stereocenters. The van der Waals surface area contributed by atoms with Crippen LogP contribution in [0.5, 0.6) is 0 Å². The van der Waals surface area contributed by atoms with Gasteiger partial charge >= 0.3 is 0 Å². The quantitative estimate of drug-likeness (QED) is 0.419. The van der Waals surface area contributed by atoms with Crippen LogP contribution in [0.3, 0.4) is 0 Å². The highest BCUT2D eigenvalue weighted by Crippen LogP contribution is 2.11. The van der Waals surface area contributed by atoms with Crippen LogP contribution in [0.25, 0.3) is 0 Å². The van der Waals surface area contributed by atoms with E-state index in [1.165, 1.54) is 13.0 Å². The molecule has 1 aromatic rings. The van der Waals surface area contributed by atoms with Gasteiger partial charge in [-0.25, -0.2) is 8.78 Å². The van der Waals surface area contributed by atoms with Crippen molar-refractivity contribution in [3.63, 3.8) is 0 Å². The average Bonchev–Trinajstić information content (AvgIpc) is 2.70. The van der Waals surface area contributed by atoms with Crippen LogP contribution in [-0.2, 0) is 25.7 Å². The average molecular weight is 469 g/mol. The Labute approximate surface area is 193 Å². The van der Waals surface area contributed by atoms with Crippen molar-refractivity contribution in [3.8, 4) is 0 Å². The zero-order valence-corrected chi connectivity index (χ0v) is 20.0. The topological polar surface area (TPSA) is 116 Å². The summed E-state index contributed by atoms with van der Waals surface area (Å²) in [5, 5.41) is 10.2. The van der Waals surface area contributed by atoms with E-state index in [2.05, 4.69) is 21.3 Å². The molecule has 33 heavy (non-hydrogen) atoms. The van der Waals surface area contributed by atoms with Gasteiger partial charge in [-0.3, -0.25) is 19.2 Å². The second-order valence-electron chi connectivity index (χ2n) is 9.44. The molecule has 4 N–H and O–H groups in total. The van der Waals surface area contributed by atoms with Crippen molar-refractivity contribution in [1.82, 2.24) is 21.3 Å². The summed E-state index contributed by atoms with van der Waals surface area (Å²) in [6.07, 6.45) is -0.296. The highest BCUT2D eigenvalue weighted by molar-refractivity contribution is 5.95. The molecule has 184 valence electrons. The van der Waals surface area contributed by atoms with Gasteiger partial charge < -0.3 is 21.3 Å². The highest BCUT2D eigenvalue weighted by atomic mass is 19.1. The fraction of sp³-hybridized carbons (Fsp3) is 0.565. The van der Waals surface area contributed by atoms with E-state index in [1.54, 1.807) is 13.8 Å². The summed E-state index contributed by atoms with van der Waals surface area (Å²) in [5.74, 6) is -4.09. The van der Waals surface area contributed by atoms with Gasteiger partial charge in [0.25, 0.3) is 0 Å². The fourth-order valence-electron chi connectivity index (χ4n) is 2.55. The Kier molecular flexibility index (Phi) is 10.4. The normalized spacial score (nSPS) is 13.1. The number of carbonyl (C=O) groups excluding carboxylic acids is 4.